The van der Waals surface area contributed by atoms with Crippen LogP contribution < -0.4 is 5.32 Å². The number of esters is 1. The Balaban J connectivity index is 2.01. The standard InChI is InChI=1S/C25H30F9N3O7/c1-3-41-22(40)43-15(2)42-18(38)9-6-10-35-17-8-5-4-7-16(17)19(23(26,27)28)36-11-13-37(14-12-36)21(39)44-20(24(29,30)31)25(32,33)34/h4-5,7-8,15,19-20,35H,3,6,9-14H2,1-2H3. The number of piperazine rings is 1. The van der Waals surface area contributed by atoms with Gasteiger partial charge in [-0.15, -0.1) is 0 Å². The van der Waals surface area contributed by atoms with Gasteiger partial charge >= 0.3 is 36.7 Å². The Kier molecular flexibility index (Phi) is 12.8. The van der Waals surface area contributed by atoms with Crippen molar-refractivity contribution in [2.75, 3.05) is 44.6 Å². The lowest BCUT2D eigenvalue weighted by Crippen LogP contribution is -2.54. The predicted octanol–water partition coefficient (Wildman–Crippen LogP) is 5.79. The highest BCUT2D eigenvalue weighted by Gasteiger charge is 2.60. The van der Waals surface area contributed by atoms with Gasteiger partial charge in [0.05, 0.1) is 6.61 Å². The lowest BCUT2D eigenvalue weighted by atomic mass is 10.0. The van der Waals surface area contributed by atoms with Gasteiger partial charge in [0.2, 0.25) is 6.29 Å². The Bertz CT molecular complexity index is 1090. The molecule has 0 spiro atoms. The van der Waals surface area contributed by atoms with Crippen molar-refractivity contribution in [3.05, 3.63) is 29.8 Å². The van der Waals surface area contributed by atoms with Gasteiger partial charge < -0.3 is 29.2 Å². The zero-order chi connectivity index (χ0) is 33.3. The molecule has 1 fully saturated rings. The molecule has 0 radical (unpaired) electrons. The van der Waals surface area contributed by atoms with Crippen LogP contribution in [0.3, 0.4) is 0 Å². The van der Waals surface area contributed by atoms with Crippen molar-refractivity contribution in [1.29, 1.82) is 0 Å². The maximum absolute atomic E-state index is 14.3. The largest absolute Gasteiger partial charge is 0.511 e. The first-order chi connectivity index (χ1) is 20.3. The van der Waals surface area contributed by atoms with Crippen LogP contribution in [-0.4, -0.2) is 98.3 Å². The molecule has 1 aromatic rings. The normalized spacial score (nSPS) is 16.2. The summed E-state index contributed by atoms with van der Waals surface area (Å²) in [6, 6.07) is 3.07. The predicted molar refractivity (Wildman–Crippen MR) is 132 cm³/mol. The second kappa shape index (κ2) is 15.4. The van der Waals surface area contributed by atoms with E-state index in [2.05, 4.69) is 19.5 Å². The van der Waals surface area contributed by atoms with Gasteiger partial charge in [0, 0.05) is 57.3 Å². The number of carbonyl (C=O) groups is 3. The molecular formula is C25H30F9N3O7. The van der Waals surface area contributed by atoms with Crippen molar-refractivity contribution in [1.82, 2.24) is 9.80 Å². The Morgan fingerprint density at radius 3 is 2.00 bits per heavy atom. The van der Waals surface area contributed by atoms with Crippen LogP contribution in [0, 0.1) is 0 Å². The summed E-state index contributed by atoms with van der Waals surface area (Å²) in [7, 11) is 0. The first-order valence-electron chi connectivity index (χ1n) is 13.1. The highest BCUT2D eigenvalue weighted by molar-refractivity contribution is 5.70. The quantitative estimate of drug-likeness (QED) is 0.104. The number of hydrogen-bond acceptors (Lipinski definition) is 9. The topological polar surface area (TPSA) is 107 Å². The van der Waals surface area contributed by atoms with Crippen molar-refractivity contribution in [3.8, 4) is 0 Å². The number of nitrogens with one attached hydrogen (secondary N) is 1. The molecule has 1 aliphatic heterocycles. The van der Waals surface area contributed by atoms with Gasteiger partial charge in [-0.25, -0.2) is 9.59 Å². The van der Waals surface area contributed by atoms with Crippen LogP contribution in [0.25, 0.3) is 0 Å². The van der Waals surface area contributed by atoms with Crippen molar-refractivity contribution in [2.45, 2.75) is 63.7 Å². The number of rotatable bonds is 11. The van der Waals surface area contributed by atoms with E-state index in [0.717, 1.165) is 4.90 Å². The second-order valence-electron chi connectivity index (χ2n) is 9.29. The average molecular weight is 656 g/mol. The second-order valence-corrected chi connectivity index (χ2v) is 9.29. The lowest BCUT2D eigenvalue weighted by Gasteiger charge is -2.40. The zero-order valence-electron chi connectivity index (χ0n) is 23.4. The first kappa shape index (κ1) is 36.6. The summed E-state index contributed by atoms with van der Waals surface area (Å²) in [4.78, 5) is 36.6. The fourth-order valence-electron chi connectivity index (χ4n) is 4.14. The van der Waals surface area contributed by atoms with E-state index in [0.29, 0.717) is 4.90 Å². The van der Waals surface area contributed by atoms with E-state index in [4.69, 9.17) is 4.74 Å². The van der Waals surface area contributed by atoms with E-state index >= 15 is 0 Å². The molecule has 0 aromatic heterocycles. The van der Waals surface area contributed by atoms with Crippen LogP contribution >= 0.6 is 0 Å². The van der Waals surface area contributed by atoms with Crippen LogP contribution in [-0.2, 0) is 23.7 Å². The third kappa shape index (κ3) is 11.1. The molecule has 2 rings (SSSR count). The van der Waals surface area contributed by atoms with E-state index in [9.17, 15) is 53.9 Å². The van der Waals surface area contributed by atoms with E-state index in [1.807, 2.05) is 0 Å². The molecule has 250 valence electrons. The molecule has 1 heterocycles. The average Bonchev–Trinajstić information content (AvgIpc) is 2.88. The minimum absolute atomic E-state index is 0.0169. The summed E-state index contributed by atoms with van der Waals surface area (Å²) >= 11 is 0. The molecule has 1 aliphatic rings. The van der Waals surface area contributed by atoms with Crippen LogP contribution in [0.15, 0.2) is 24.3 Å². The summed E-state index contributed by atoms with van der Waals surface area (Å²) < 4.78 is 137. The Hall–Kier alpha value is -3.64. The van der Waals surface area contributed by atoms with Gasteiger partial charge in [-0.3, -0.25) is 9.69 Å². The smallest absolute Gasteiger partial charge is 0.435 e. The number of amides is 1. The van der Waals surface area contributed by atoms with Crippen LogP contribution in [0.4, 0.5) is 54.8 Å². The number of hydrogen-bond donors (Lipinski definition) is 1. The highest BCUT2D eigenvalue weighted by atomic mass is 19.4. The third-order valence-corrected chi connectivity index (χ3v) is 6.01. The van der Waals surface area contributed by atoms with Crippen LogP contribution in [0.5, 0.6) is 0 Å². The number of para-hydroxylation sites is 1. The summed E-state index contributed by atoms with van der Waals surface area (Å²) in [5, 5.41) is 2.80. The van der Waals surface area contributed by atoms with Gasteiger partial charge in [0.15, 0.2) is 0 Å². The molecule has 1 amide bonds. The zero-order valence-corrected chi connectivity index (χ0v) is 23.4. The highest BCUT2D eigenvalue weighted by Crippen LogP contribution is 2.41. The molecule has 1 saturated heterocycles. The SMILES string of the molecule is CCOC(=O)OC(C)OC(=O)CCCNc1ccccc1C(N1CCN(C(=O)OC(C(F)(F)F)C(F)(F)F)CC1)C(F)(F)F. The van der Waals surface area contributed by atoms with Gasteiger partial charge in [0.1, 0.15) is 6.04 Å². The van der Waals surface area contributed by atoms with Gasteiger partial charge in [-0.1, -0.05) is 18.2 Å². The molecule has 2 atom stereocenters. The molecule has 19 heteroatoms. The fourth-order valence-corrected chi connectivity index (χ4v) is 4.14. The molecule has 2 unspecified atom stereocenters. The maximum atomic E-state index is 14.3. The minimum Gasteiger partial charge on any atom is -0.435 e. The molecule has 10 nitrogen and oxygen atoms in total. The molecule has 0 saturated carbocycles. The summed E-state index contributed by atoms with van der Waals surface area (Å²) in [6.07, 6.45) is -25.5. The number of halogens is 9. The lowest BCUT2D eigenvalue weighted by molar-refractivity contribution is -0.308. The number of ether oxygens (including phenoxy) is 4. The van der Waals surface area contributed by atoms with Gasteiger partial charge in [0.25, 0.3) is 6.10 Å². The molecule has 1 aromatic carbocycles. The van der Waals surface area contributed by atoms with Crippen LogP contribution in [0.2, 0.25) is 0 Å². The monoisotopic (exact) mass is 655 g/mol. The summed E-state index contributed by atoms with van der Waals surface area (Å²) in [5.74, 6) is -0.752. The number of nitrogens with zero attached hydrogens (tertiary/aromatic N) is 2. The summed E-state index contributed by atoms with van der Waals surface area (Å²) in [5.41, 5.74) is -0.202. The Morgan fingerprint density at radius 1 is 0.864 bits per heavy atom. The number of carbonyl (C=O) groups excluding carboxylic acids is 3. The van der Waals surface area contributed by atoms with E-state index < -0.39 is 81.4 Å². The van der Waals surface area contributed by atoms with Crippen molar-refractivity contribution < 1.29 is 72.8 Å². The number of alkyl halides is 9. The molecule has 44 heavy (non-hydrogen) atoms. The third-order valence-electron chi connectivity index (χ3n) is 6.01. The van der Waals surface area contributed by atoms with E-state index in [1.54, 1.807) is 6.92 Å². The number of benzene rings is 1. The van der Waals surface area contributed by atoms with Crippen molar-refractivity contribution >= 4 is 23.9 Å². The Labute approximate surface area is 245 Å². The first-order valence-corrected chi connectivity index (χ1v) is 13.1. The molecular weight excluding hydrogens is 625 g/mol. The fraction of sp³-hybridized carbons (Fsp3) is 0.640. The molecule has 0 bridgehead atoms. The van der Waals surface area contributed by atoms with Gasteiger partial charge in [-0.05, 0) is 19.4 Å². The maximum Gasteiger partial charge on any atom is 0.511 e. The van der Waals surface area contributed by atoms with Crippen molar-refractivity contribution in [3.63, 3.8) is 0 Å². The van der Waals surface area contributed by atoms with E-state index in [1.165, 1.54) is 31.2 Å². The Morgan fingerprint density at radius 2 is 1.45 bits per heavy atom. The van der Waals surface area contributed by atoms with Crippen molar-refractivity contribution in [2.24, 2.45) is 0 Å². The molecule has 0 aliphatic carbocycles. The molecule has 1 N–H and O–H groups in total. The minimum atomic E-state index is -5.94. The van der Waals surface area contributed by atoms with Gasteiger partial charge in [-0.2, -0.15) is 39.5 Å². The summed E-state index contributed by atoms with van der Waals surface area (Å²) in [6.45, 7) is 0.524. The van der Waals surface area contributed by atoms with E-state index in [-0.39, 0.29) is 37.2 Å². The number of anilines is 1. The van der Waals surface area contributed by atoms with Crippen LogP contribution in [0.1, 0.15) is 38.3 Å².